The lowest BCUT2D eigenvalue weighted by Crippen LogP contribution is -2.38. The fourth-order valence-corrected chi connectivity index (χ4v) is 2.74. The lowest BCUT2D eigenvalue weighted by Gasteiger charge is -2.15. The number of likely N-dealkylation sites (tertiary alicyclic amines) is 1. The van der Waals surface area contributed by atoms with Gasteiger partial charge in [0.2, 0.25) is 0 Å². The van der Waals surface area contributed by atoms with Crippen molar-refractivity contribution in [2.24, 2.45) is 4.99 Å². The highest BCUT2D eigenvalue weighted by molar-refractivity contribution is 14.0. The molecule has 0 spiro atoms. The first-order valence-corrected chi connectivity index (χ1v) is 8.64. The number of hydrogen-bond acceptors (Lipinski definition) is 2. The summed E-state index contributed by atoms with van der Waals surface area (Å²) >= 11 is 5.90. The Kier molecular flexibility index (Phi) is 10.6. The summed E-state index contributed by atoms with van der Waals surface area (Å²) in [7, 11) is 0. The van der Waals surface area contributed by atoms with Crippen molar-refractivity contribution < 1.29 is 0 Å². The first kappa shape index (κ1) is 20.5. The number of rotatable bonds is 7. The maximum atomic E-state index is 5.90. The van der Waals surface area contributed by atoms with Gasteiger partial charge < -0.3 is 15.5 Å². The highest BCUT2D eigenvalue weighted by atomic mass is 127. The quantitative estimate of drug-likeness (QED) is 0.289. The average molecular weight is 451 g/mol. The van der Waals surface area contributed by atoms with Crippen LogP contribution in [0.1, 0.15) is 31.7 Å². The van der Waals surface area contributed by atoms with E-state index in [2.05, 4.69) is 27.4 Å². The van der Waals surface area contributed by atoms with Crippen LogP contribution in [-0.2, 0) is 6.54 Å². The summed E-state index contributed by atoms with van der Waals surface area (Å²) in [5.41, 5.74) is 1.17. The van der Waals surface area contributed by atoms with Crippen LogP contribution in [0.3, 0.4) is 0 Å². The molecule has 1 aromatic rings. The predicted octanol–water partition coefficient (Wildman–Crippen LogP) is 3.50. The molecule has 1 aromatic carbocycles. The molecule has 130 valence electrons. The van der Waals surface area contributed by atoms with Crippen molar-refractivity contribution in [1.82, 2.24) is 15.5 Å². The third-order valence-electron chi connectivity index (χ3n) is 3.82. The van der Waals surface area contributed by atoms with Crippen LogP contribution in [0.15, 0.2) is 29.3 Å². The summed E-state index contributed by atoms with van der Waals surface area (Å²) in [5, 5.41) is 7.47. The number of halogens is 2. The van der Waals surface area contributed by atoms with E-state index in [9.17, 15) is 0 Å². The molecule has 0 aliphatic carbocycles. The Morgan fingerprint density at radius 3 is 2.52 bits per heavy atom. The Hall–Kier alpha value is -0.530. The maximum Gasteiger partial charge on any atom is 0.191 e. The van der Waals surface area contributed by atoms with E-state index >= 15 is 0 Å². The standard InChI is InChI=1S/C17H27ClN4.HI/c1-2-19-17(20-10-5-13-22-11-3-4-12-22)21-14-15-6-8-16(18)9-7-15;/h6-9H,2-5,10-14H2,1H3,(H2,19,20,21);1H. The van der Waals surface area contributed by atoms with E-state index in [4.69, 9.17) is 11.6 Å². The average Bonchev–Trinajstić information content (AvgIpc) is 3.04. The summed E-state index contributed by atoms with van der Waals surface area (Å²) in [5.74, 6) is 0.888. The van der Waals surface area contributed by atoms with E-state index in [1.54, 1.807) is 0 Å². The van der Waals surface area contributed by atoms with Gasteiger partial charge in [-0.3, -0.25) is 0 Å². The third kappa shape index (κ3) is 8.22. The Morgan fingerprint density at radius 2 is 1.87 bits per heavy atom. The Morgan fingerprint density at radius 1 is 1.17 bits per heavy atom. The zero-order valence-corrected chi connectivity index (χ0v) is 16.9. The van der Waals surface area contributed by atoms with E-state index in [0.717, 1.165) is 30.5 Å². The van der Waals surface area contributed by atoms with Gasteiger partial charge in [-0.15, -0.1) is 24.0 Å². The van der Waals surface area contributed by atoms with Crippen molar-refractivity contribution in [2.45, 2.75) is 32.7 Å². The van der Waals surface area contributed by atoms with Gasteiger partial charge in [-0.25, -0.2) is 4.99 Å². The molecule has 0 aromatic heterocycles. The number of nitrogens with zero attached hydrogens (tertiary/aromatic N) is 2. The van der Waals surface area contributed by atoms with Crippen molar-refractivity contribution in [2.75, 3.05) is 32.7 Å². The molecule has 4 nitrogen and oxygen atoms in total. The second-order valence-electron chi connectivity index (χ2n) is 5.65. The molecule has 0 bridgehead atoms. The van der Waals surface area contributed by atoms with E-state index < -0.39 is 0 Å². The Labute approximate surface area is 162 Å². The molecule has 0 radical (unpaired) electrons. The number of guanidine groups is 1. The van der Waals surface area contributed by atoms with Crippen LogP contribution in [0, 0.1) is 0 Å². The molecule has 0 atom stereocenters. The van der Waals surface area contributed by atoms with Crippen LogP contribution < -0.4 is 10.6 Å². The number of hydrogen-bond donors (Lipinski definition) is 2. The zero-order chi connectivity index (χ0) is 15.6. The van der Waals surface area contributed by atoms with Crippen LogP contribution >= 0.6 is 35.6 Å². The molecule has 1 saturated heterocycles. The van der Waals surface area contributed by atoms with E-state index in [0.29, 0.717) is 6.54 Å². The van der Waals surface area contributed by atoms with Gasteiger partial charge in [0.25, 0.3) is 0 Å². The van der Waals surface area contributed by atoms with Crippen LogP contribution in [0.2, 0.25) is 5.02 Å². The molecule has 1 aliphatic rings. The molecular formula is C17H28ClIN4. The van der Waals surface area contributed by atoms with Crippen LogP contribution in [-0.4, -0.2) is 43.6 Å². The number of aliphatic imine (C=N–C) groups is 1. The van der Waals surface area contributed by atoms with Gasteiger partial charge in [0.05, 0.1) is 6.54 Å². The Balaban J connectivity index is 0.00000264. The van der Waals surface area contributed by atoms with Crippen molar-refractivity contribution >= 4 is 41.5 Å². The van der Waals surface area contributed by atoms with Crippen molar-refractivity contribution in [3.05, 3.63) is 34.9 Å². The monoisotopic (exact) mass is 450 g/mol. The van der Waals surface area contributed by atoms with Gasteiger partial charge >= 0.3 is 0 Å². The van der Waals surface area contributed by atoms with E-state index in [-0.39, 0.29) is 24.0 Å². The van der Waals surface area contributed by atoms with Crippen molar-refractivity contribution in [3.8, 4) is 0 Å². The van der Waals surface area contributed by atoms with Gasteiger partial charge in [0, 0.05) is 18.1 Å². The second-order valence-corrected chi connectivity index (χ2v) is 6.09. The smallest absolute Gasteiger partial charge is 0.191 e. The van der Waals surface area contributed by atoms with E-state index in [1.807, 2.05) is 24.3 Å². The van der Waals surface area contributed by atoms with Gasteiger partial charge in [0.15, 0.2) is 5.96 Å². The second kappa shape index (κ2) is 11.9. The molecule has 0 amide bonds. The zero-order valence-electron chi connectivity index (χ0n) is 13.9. The van der Waals surface area contributed by atoms with Gasteiger partial charge in [-0.05, 0) is 63.5 Å². The minimum Gasteiger partial charge on any atom is -0.357 e. The summed E-state index contributed by atoms with van der Waals surface area (Å²) in [6.45, 7) is 8.31. The summed E-state index contributed by atoms with van der Waals surface area (Å²) in [6.07, 6.45) is 3.88. The predicted molar refractivity (Wildman–Crippen MR) is 110 cm³/mol. The molecule has 0 unspecified atom stereocenters. The fourth-order valence-electron chi connectivity index (χ4n) is 2.62. The highest BCUT2D eigenvalue weighted by Crippen LogP contribution is 2.10. The molecule has 23 heavy (non-hydrogen) atoms. The third-order valence-corrected chi connectivity index (χ3v) is 4.07. The molecule has 0 saturated carbocycles. The topological polar surface area (TPSA) is 39.7 Å². The van der Waals surface area contributed by atoms with Crippen LogP contribution in [0.4, 0.5) is 0 Å². The molecule has 2 rings (SSSR count). The largest absolute Gasteiger partial charge is 0.357 e. The minimum atomic E-state index is 0. The SMILES string of the molecule is CCNC(=NCc1ccc(Cl)cc1)NCCCN1CCCC1.I. The lowest BCUT2D eigenvalue weighted by atomic mass is 10.2. The van der Waals surface area contributed by atoms with Gasteiger partial charge in [-0.2, -0.15) is 0 Å². The van der Waals surface area contributed by atoms with Crippen LogP contribution in [0.5, 0.6) is 0 Å². The first-order chi connectivity index (χ1) is 10.8. The van der Waals surface area contributed by atoms with Crippen molar-refractivity contribution in [1.29, 1.82) is 0 Å². The highest BCUT2D eigenvalue weighted by Gasteiger charge is 2.10. The van der Waals surface area contributed by atoms with Crippen LogP contribution in [0.25, 0.3) is 0 Å². The summed E-state index contributed by atoms with van der Waals surface area (Å²) in [4.78, 5) is 7.16. The van der Waals surface area contributed by atoms with Gasteiger partial charge in [0.1, 0.15) is 0 Å². The molecule has 1 fully saturated rings. The maximum absolute atomic E-state index is 5.90. The minimum absolute atomic E-state index is 0. The normalized spacial score (nSPS) is 15.3. The molecule has 1 heterocycles. The first-order valence-electron chi connectivity index (χ1n) is 8.27. The summed E-state index contributed by atoms with van der Waals surface area (Å²) in [6, 6.07) is 7.84. The van der Waals surface area contributed by atoms with Gasteiger partial charge in [-0.1, -0.05) is 23.7 Å². The number of nitrogens with one attached hydrogen (secondary N) is 2. The van der Waals surface area contributed by atoms with Crippen molar-refractivity contribution in [3.63, 3.8) is 0 Å². The molecule has 6 heteroatoms. The van der Waals surface area contributed by atoms with E-state index in [1.165, 1.54) is 38.0 Å². The summed E-state index contributed by atoms with van der Waals surface area (Å²) < 4.78 is 0. The molecular weight excluding hydrogens is 423 g/mol. The Bertz CT molecular complexity index is 458. The molecule has 1 aliphatic heterocycles. The molecule has 2 N–H and O–H groups in total. The number of benzene rings is 1. The fraction of sp³-hybridized carbons (Fsp3) is 0.588. The lowest BCUT2D eigenvalue weighted by molar-refractivity contribution is 0.334.